The quantitative estimate of drug-likeness (QED) is 0.611. The number of aliphatic imine (C=N–C) groups is 1. The fourth-order valence-corrected chi connectivity index (χ4v) is 1.34. The normalized spacial score (nSPS) is 11.3. The molecule has 16 heavy (non-hydrogen) atoms. The van der Waals surface area contributed by atoms with E-state index < -0.39 is 0 Å². The molecule has 0 aliphatic rings. The topological polar surface area (TPSA) is 40.5 Å². The van der Waals surface area contributed by atoms with Gasteiger partial charge in [-0.1, -0.05) is 6.07 Å². The molecule has 1 heterocycles. The molecule has 0 aliphatic heterocycles. The summed E-state index contributed by atoms with van der Waals surface area (Å²) in [6.07, 6.45) is 2.69. The number of rotatable bonds is 4. The molecule has 0 saturated carbocycles. The summed E-state index contributed by atoms with van der Waals surface area (Å²) in [6, 6.07) is 5.96. The standard InChI is InChI=1S/C12H20N4/c1-4-13-12(16(2)3)15-10-8-11-7-5-6-9-14-11/h5-7,9H,4,8,10H2,1-3H3,(H,13,15). The zero-order valence-corrected chi connectivity index (χ0v) is 10.3. The molecule has 0 amide bonds. The van der Waals surface area contributed by atoms with Gasteiger partial charge < -0.3 is 10.2 Å². The molecule has 4 nitrogen and oxygen atoms in total. The minimum Gasteiger partial charge on any atom is -0.357 e. The van der Waals surface area contributed by atoms with Crippen molar-refractivity contribution in [1.29, 1.82) is 0 Å². The molecule has 1 aromatic rings. The zero-order valence-electron chi connectivity index (χ0n) is 10.3. The Bertz CT molecular complexity index is 319. The van der Waals surface area contributed by atoms with Crippen molar-refractivity contribution in [2.24, 2.45) is 4.99 Å². The molecule has 0 aromatic carbocycles. The van der Waals surface area contributed by atoms with Crippen LogP contribution in [0.2, 0.25) is 0 Å². The van der Waals surface area contributed by atoms with Crippen molar-refractivity contribution >= 4 is 5.96 Å². The van der Waals surface area contributed by atoms with E-state index in [1.165, 1.54) is 0 Å². The second-order valence-corrected chi connectivity index (χ2v) is 3.70. The molecular formula is C12H20N4. The van der Waals surface area contributed by atoms with Crippen LogP contribution in [0.3, 0.4) is 0 Å². The zero-order chi connectivity index (χ0) is 11.8. The van der Waals surface area contributed by atoms with Gasteiger partial charge >= 0.3 is 0 Å². The van der Waals surface area contributed by atoms with Crippen LogP contribution in [0.1, 0.15) is 12.6 Å². The first kappa shape index (κ1) is 12.5. The summed E-state index contributed by atoms with van der Waals surface area (Å²) in [7, 11) is 3.98. The maximum atomic E-state index is 4.50. The molecule has 1 N–H and O–H groups in total. The predicted molar refractivity (Wildman–Crippen MR) is 67.6 cm³/mol. The summed E-state index contributed by atoms with van der Waals surface area (Å²) in [5, 5.41) is 3.22. The third kappa shape index (κ3) is 4.29. The van der Waals surface area contributed by atoms with Gasteiger partial charge in [-0.05, 0) is 19.1 Å². The molecule has 1 aromatic heterocycles. The molecule has 0 aliphatic carbocycles. The Morgan fingerprint density at radius 3 is 2.81 bits per heavy atom. The number of nitrogens with one attached hydrogen (secondary N) is 1. The Morgan fingerprint density at radius 2 is 2.25 bits per heavy atom. The van der Waals surface area contributed by atoms with Crippen LogP contribution in [-0.2, 0) is 6.42 Å². The molecule has 0 bridgehead atoms. The average molecular weight is 220 g/mol. The highest BCUT2D eigenvalue weighted by Crippen LogP contribution is 1.95. The smallest absolute Gasteiger partial charge is 0.193 e. The average Bonchev–Trinajstić information content (AvgIpc) is 2.29. The first-order valence-electron chi connectivity index (χ1n) is 5.59. The second-order valence-electron chi connectivity index (χ2n) is 3.70. The summed E-state index contributed by atoms with van der Waals surface area (Å²) >= 11 is 0. The highest BCUT2D eigenvalue weighted by atomic mass is 15.3. The van der Waals surface area contributed by atoms with E-state index in [-0.39, 0.29) is 0 Å². The van der Waals surface area contributed by atoms with Gasteiger partial charge in [0.05, 0.1) is 0 Å². The summed E-state index contributed by atoms with van der Waals surface area (Å²) in [6.45, 7) is 3.72. The monoisotopic (exact) mass is 220 g/mol. The van der Waals surface area contributed by atoms with Crippen molar-refractivity contribution in [2.75, 3.05) is 27.2 Å². The molecule has 1 rings (SSSR count). The Morgan fingerprint density at radius 1 is 1.44 bits per heavy atom. The lowest BCUT2D eigenvalue weighted by molar-refractivity contribution is 0.583. The van der Waals surface area contributed by atoms with Crippen molar-refractivity contribution < 1.29 is 0 Å². The third-order valence-electron chi connectivity index (χ3n) is 2.11. The molecule has 88 valence electrons. The lowest BCUT2D eigenvalue weighted by atomic mass is 10.3. The lowest BCUT2D eigenvalue weighted by Gasteiger charge is -2.16. The second kappa shape index (κ2) is 6.82. The summed E-state index contributed by atoms with van der Waals surface area (Å²) in [5.74, 6) is 0.929. The molecular weight excluding hydrogens is 200 g/mol. The van der Waals surface area contributed by atoms with Gasteiger partial charge in [0.25, 0.3) is 0 Å². The van der Waals surface area contributed by atoms with E-state index in [1.54, 1.807) is 0 Å². The van der Waals surface area contributed by atoms with Gasteiger partial charge in [-0.15, -0.1) is 0 Å². The molecule has 0 radical (unpaired) electrons. The first-order valence-corrected chi connectivity index (χ1v) is 5.59. The number of nitrogens with zero attached hydrogens (tertiary/aromatic N) is 3. The number of aromatic nitrogens is 1. The van der Waals surface area contributed by atoms with Gasteiger partial charge in [0.15, 0.2) is 5.96 Å². The first-order chi connectivity index (χ1) is 7.74. The van der Waals surface area contributed by atoms with E-state index in [4.69, 9.17) is 0 Å². The maximum Gasteiger partial charge on any atom is 0.193 e. The number of pyridine rings is 1. The van der Waals surface area contributed by atoms with Crippen LogP contribution in [0.4, 0.5) is 0 Å². The van der Waals surface area contributed by atoms with Crippen LogP contribution in [0.5, 0.6) is 0 Å². The fraction of sp³-hybridized carbons (Fsp3) is 0.500. The Kier molecular flexibility index (Phi) is 5.32. The minimum absolute atomic E-state index is 0.761. The van der Waals surface area contributed by atoms with E-state index in [2.05, 4.69) is 22.2 Å². The van der Waals surface area contributed by atoms with Crippen molar-refractivity contribution in [3.63, 3.8) is 0 Å². The Hall–Kier alpha value is -1.58. The molecule has 0 saturated heterocycles. The van der Waals surface area contributed by atoms with Gasteiger partial charge in [-0.3, -0.25) is 9.98 Å². The van der Waals surface area contributed by atoms with Crippen LogP contribution in [0, 0.1) is 0 Å². The number of hydrogen-bond donors (Lipinski definition) is 1. The Balaban J connectivity index is 2.45. The number of hydrogen-bond acceptors (Lipinski definition) is 2. The Labute approximate surface area is 97.4 Å². The van der Waals surface area contributed by atoms with Crippen molar-refractivity contribution in [3.8, 4) is 0 Å². The van der Waals surface area contributed by atoms with Crippen molar-refractivity contribution in [3.05, 3.63) is 30.1 Å². The van der Waals surface area contributed by atoms with Gasteiger partial charge in [0, 0.05) is 45.5 Å². The largest absolute Gasteiger partial charge is 0.357 e. The van der Waals surface area contributed by atoms with Crippen LogP contribution < -0.4 is 5.32 Å². The lowest BCUT2D eigenvalue weighted by Crippen LogP contribution is -2.36. The summed E-state index contributed by atoms with van der Waals surface area (Å²) in [5.41, 5.74) is 1.08. The van der Waals surface area contributed by atoms with Crippen LogP contribution in [-0.4, -0.2) is 43.0 Å². The summed E-state index contributed by atoms with van der Waals surface area (Å²) < 4.78 is 0. The van der Waals surface area contributed by atoms with Crippen molar-refractivity contribution in [2.45, 2.75) is 13.3 Å². The van der Waals surface area contributed by atoms with E-state index in [1.807, 2.05) is 43.4 Å². The minimum atomic E-state index is 0.761. The maximum absolute atomic E-state index is 4.50. The third-order valence-corrected chi connectivity index (χ3v) is 2.11. The van der Waals surface area contributed by atoms with Gasteiger partial charge in [-0.25, -0.2) is 0 Å². The van der Waals surface area contributed by atoms with Crippen LogP contribution in [0.25, 0.3) is 0 Å². The van der Waals surface area contributed by atoms with Gasteiger partial charge in [0.2, 0.25) is 0 Å². The number of guanidine groups is 1. The van der Waals surface area contributed by atoms with Crippen molar-refractivity contribution in [1.82, 2.24) is 15.2 Å². The molecule has 0 unspecified atom stereocenters. The predicted octanol–water partition coefficient (Wildman–Crippen LogP) is 1.15. The molecule has 4 heteroatoms. The fourth-order valence-electron chi connectivity index (χ4n) is 1.34. The molecule has 0 atom stereocenters. The highest BCUT2D eigenvalue weighted by molar-refractivity contribution is 5.79. The van der Waals surface area contributed by atoms with E-state index >= 15 is 0 Å². The highest BCUT2D eigenvalue weighted by Gasteiger charge is 1.98. The van der Waals surface area contributed by atoms with Gasteiger partial charge in [-0.2, -0.15) is 0 Å². The van der Waals surface area contributed by atoms with Gasteiger partial charge in [0.1, 0.15) is 0 Å². The van der Waals surface area contributed by atoms with E-state index in [9.17, 15) is 0 Å². The SMILES string of the molecule is CCNC(=NCCc1ccccn1)N(C)C. The molecule has 0 fully saturated rings. The van der Waals surface area contributed by atoms with Crippen LogP contribution >= 0.6 is 0 Å². The van der Waals surface area contributed by atoms with Crippen LogP contribution in [0.15, 0.2) is 29.4 Å². The molecule has 0 spiro atoms. The van der Waals surface area contributed by atoms with E-state index in [0.717, 1.165) is 31.2 Å². The van der Waals surface area contributed by atoms with E-state index in [0.29, 0.717) is 0 Å². The summed E-state index contributed by atoms with van der Waals surface area (Å²) in [4.78, 5) is 10.8.